The second-order valence-electron chi connectivity index (χ2n) is 3.12. The van der Waals surface area contributed by atoms with Gasteiger partial charge in [0.2, 0.25) is 0 Å². The lowest BCUT2D eigenvalue weighted by Gasteiger charge is -1.97. The number of hydrogen-bond acceptors (Lipinski definition) is 1. The van der Waals surface area contributed by atoms with Crippen molar-refractivity contribution in [3.63, 3.8) is 0 Å². The summed E-state index contributed by atoms with van der Waals surface area (Å²) in [5.74, 6) is 0. The summed E-state index contributed by atoms with van der Waals surface area (Å²) < 4.78 is 5.39. The van der Waals surface area contributed by atoms with E-state index in [9.17, 15) is 0 Å². The minimum atomic E-state index is 0.946. The summed E-state index contributed by atoms with van der Waals surface area (Å²) >= 11 is 0. The molecule has 0 aliphatic heterocycles. The number of benzene rings is 1. The molecule has 62 valence electrons. The van der Waals surface area contributed by atoms with E-state index in [1.54, 1.807) is 6.26 Å². The van der Waals surface area contributed by atoms with Gasteiger partial charge in [-0.15, -0.1) is 0 Å². The molecule has 2 aromatic carbocycles. The molecule has 0 aliphatic carbocycles. The van der Waals surface area contributed by atoms with Crippen molar-refractivity contribution in [3.05, 3.63) is 48.7 Å². The Kier molecular flexibility index (Phi) is 1.22. The second kappa shape index (κ2) is 2.36. The smallest absolute Gasteiger partial charge is 0.134 e. The highest BCUT2D eigenvalue weighted by molar-refractivity contribution is 6.05. The highest BCUT2D eigenvalue weighted by Gasteiger charge is 2.00. The Labute approximate surface area is 75.6 Å². The van der Waals surface area contributed by atoms with Gasteiger partial charge in [0.15, 0.2) is 0 Å². The monoisotopic (exact) mass is 168 g/mol. The maximum atomic E-state index is 5.39. The third kappa shape index (κ3) is 0.872. The molecule has 1 heterocycles. The Balaban J connectivity index is 2.65. The van der Waals surface area contributed by atoms with Crippen molar-refractivity contribution in [2.24, 2.45) is 0 Å². The molecule has 3 rings (SSSR count). The quantitative estimate of drug-likeness (QED) is 0.500. The number of hydrogen-bond donors (Lipinski definition) is 0. The molecule has 0 N–H and O–H groups in total. The molecule has 0 amide bonds. The SMILES string of the molecule is c1cc2ccc3occcc3c2c1. The Morgan fingerprint density at radius 1 is 0.769 bits per heavy atom. The fraction of sp³-hybridized carbons (Fsp3) is 0. The molecular formula is C12H8O. The summed E-state index contributed by atoms with van der Waals surface area (Å²) in [5, 5.41) is 3.72. The first-order chi connectivity index (χ1) is 6.45. The molecule has 3 aromatic rings. The summed E-state index contributed by atoms with van der Waals surface area (Å²) in [5.41, 5.74) is 0.946. The Morgan fingerprint density at radius 2 is 1.69 bits per heavy atom. The van der Waals surface area contributed by atoms with Gasteiger partial charge in [0.25, 0.3) is 0 Å². The van der Waals surface area contributed by atoms with Crippen molar-refractivity contribution in [2.75, 3.05) is 0 Å². The maximum Gasteiger partial charge on any atom is 0.134 e. The highest BCUT2D eigenvalue weighted by atomic mass is 16.3. The highest BCUT2D eigenvalue weighted by Crippen LogP contribution is 2.25. The maximum absolute atomic E-state index is 5.39. The van der Waals surface area contributed by atoms with Crippen molar-refractivity contribution in [3.8, 4) is 0 Å². The second-order valence-corrected chi connectivity index (χ2v) is 3.12. The van der Waals surface area contributed by atoms with Crippen LogP contribution < -0.4 is 0 Å². The van der Waals surface area contributed by atoms with Crippen LogP contribution in [0.5, 0.6) is 0 Å². The summed E-state index contributed by atoms with van der Waals surface area (Å²) in [4.78, 5) is 0. The molecular weight excluding hydrogens is 160 g/mol. The number of rotatable bonds is 0. The van der Waals surface area contributed by atoms with Crippen LogP contribution in [0.4, 0.5) is 0 Å². The molecule has 0 spiro atoms. The van der Waals surface area contributed by atoms with E-state index in [4.69, 9.17) is 4.42 Å². The van der Waals surface area contributed by atoms with Gasteiger partial charge in [0.05, 0.1) is 6.26 Å². The molecule has 0 saturated heterocycles. The normalized spacial score (nSPS) is 11.1. The standard InChI is InChI=1S/C12H8O/c1-3-9-6-7-12-11(10(9)4-1)5-2-8-13-12/h1-8H. The lowest BCUT2D eigenvalue weighted by Crippen LogP contribution is -1.71. The summed E-state index contributed by atoms with van der Waals surface area (Å²) in [6.45, 7) is 0. The summed E-state index contributed by atoms with van der Waals surface area (Å²) in [6, 6.07) is 14.4. The molecule has 0 aliphatic rings. The largest absolute Gasteiger partial charge is 0.464 e. The van der Waals surface area contributed by atoms with Gasteiger partial charge in [0.1, 0.15) is 5.58 Å². The van der Waals surface area contributed by atoms with E-state index in [1.807, 2.05) is 12.1 Å². The predicted molar refractivity (Wildman–Crippen MR) is 53.7 cm³/mol. The van der Waals surface area contributed by atoms with Crippen LogP contribution in [0.2, 0.25) is 0 Å². The van der Waals surface area contributed by atoms with Crippen LogP contribution >= 0.6 is 0 Å². The molecule has 0 fully saturated rings. The van der Waals surface area contributed by atoms with E-state index in [0.717, 1.165) is 5.58 Å². The molecule has 0 bridgehead atoms. The third-order valence-corrected chi connectivity index (χ3v) is 2.36. The molecule has 0 unspecified atom stereocenters. The molecule has 1 heteroatoms. The van der Waals surface area contributed by atoms with Crippen LogP contribution in [-0.4, -0.2) is 0 Å². The lowest BCUT2D eigenvalue weighted by molar-refractivity contribution is 0.604. The van der Waals surface area contributed by atoms with Crippen LogP contribution in [0, 0.1) is 0 Å². The van der Waals surface area contributed by atoms with Gasteiger partial charge in [-0.25, -0.2) is 0 Å². The zero-order chi connectivity index (χ0) is 8.67. The molecule has 13 heavy (non-hydrogen) atoms. The average Bonchev–Trinajstić information content (AvgIpc) is 2.65. The molecule has 0 atom stereocenters. The zero-order valence-electron chi connectivity index (χ0n) is 7.03. The summed E-state index contributed by atoms with van der Waals surface area (Å²) in [7, 11) is 0. The zero-order valence-corrected chi connectivity index (χ0v) is 7.03. The fourth-order valence-corrected chi connectivity index (χ4v) is 1.74. The Hall–Kier alpha value is -1.76. The van der Waals surface area contributed by atoms with Gasteiger partial charge < -0.3 is 4.42 Å². The van der Waals surface area contributed by atoms with Gasteiger partial charge in [-0.3, -0.25) is 0 Å². The van der Waals surface area contributed by atoms with E-state index < -0.39 is 0 Å². The van der Waals surface area contributed by atoms with Crippen LogP contribution in [0.1, 0.15) is 0 Å². The van der Waals surface area contributed by atoms with Crippen LogP contribution in [0.15, 0.2) is 53.1 Å². The minimum Gasteiger partial charge on any atom is -0.464 e. The average molecular weight is 168 g/mol. The lowest BCUT2D eigenvalue weighted by atomic mass is 10.1. The Morgan fingerprint density at radius 3 is 2.69 bits per heavy atom. The van der Waals surface area contributed by atoms with E-state index in [0.29, 0.717) is 0 Å². The first-order valence-electron chi connectivity index (χ1n) is 4.30. The van der Waals surface area contributed by atoms with Gasteiger partial charge in [-0.1, -0.05) is 24.3 Å². The minimum absolute atomic E-state index is 0.946. The van der Waals surface area contributed by atoms with Crippen LogP contribution in [-0.2, 0) is 0 Å². The first kappa shape index (κ1) is 6.72. The van der Waals surface area contributed by atoms with Crippen molar-refractivity contribution < 1.29 is 4.42 Å². The Bertz CT molecular complexity index is 563. The van der Waals surface area contributed by atoms with Crippen molar-refractivity contribution >= 4 is 21.7 Å². The predicted octanol–water partition coefficient (Wildman–Crippen LogP) is 3.59. The van der Waals surface area contributed by atoms with Crippen LogP contribution in [0.25, 0.3) is 21.7 Å². The van der Waals surface area contributed by atoms with Gasteiger partial charge in [-0.2, -0.15) is 0 Å². The van der Waals surface area contributed by atoms with Crippen molar-refractivity contribution in [2.45, 2.75) is 0 Å². The van der Waals surface area contributed by atoms with Gasteiger partial charge in [0, 0.05) is 5.39 Å². The van der Waals surface area contributed by atoms with Crippen molar-refractivity contribution in [1.29, 1.82) is 0 Å². The topological polar surface area (TPSA) is 13.1 Å². The molecule has 1 nitrogen and oxygen atoms in total. The van der Waals surface area contributed by atoms with E-state index in [-0.39, 0.29) is 0 Å². The third-order valence-electron chi connectivity index (χ3n) is 2.36. The van der Waals surface area contributed by atoms with E-state index in [2.05, 4.69) is 30.3 Å². The van der Waals surface area contributed by atoms with Crippen molar-refractivity contribution in [1.82, 2.24) is 0 Å². The summed E-state index contributed by atoms with van der Waals surface area (Å²) in [6.07, 6.45) is 1.71. The van der Waals surface area contributed by atoms with Gasteiger partial charge >= 0.3 is 0 Å². The van der Waals surface area contributed by atoms with Crippen LogP contribution in [0.3, 0.4) is 0 Å². The van der Waals surface area contributed by atoms with E-state index >= 15 is 0 Å². The fourth-order valence-electron chi connectivity index (χ4n) is 1.74. The molecule has 0 radical (unpaired) electrons. The van der Waals surface area contributed by atoms with Gasteiger partial charge in [-0.05, 0) is 29.0 Å². The number of fused-ring (bicyclic) bond motifs is 3. The first-order valence-corrected chi connectivity index (χ1v) is 4.30. The molecule has 1 aromatic heterocycles. The van der Waals surface area contributed by atoms with E-state index in [1.165, 1.54) is 16.2 Å². The molecule has 0 saturated carbocycles.